The molecule has 1 heterocycles. The Morgan fingerprint density at radius 1 is 1.47 bits per heavy atom. The fourth-order valence-corrected chi connectivity index (χ4v) is 1.29. The summed E-state index contributed by atoms with van der Waals surface area (Å²) in [5, 5.41) is 0. The zero-order valence-corrected chi connectivity index (χ0v) is 9.82. The minimum absolute atomic E-state index is 0.0503. The smallest absolute Gasteiger partial charge is 0.271 e. The lowest BCUT2D eigenvalue weighted by atomic mass is 10.0. The van der Waals surface area contributed by atoms with Crippen molar-refractivity contribution in [2.45, 2.75) is 26.2 Å². The van der Waals surface area contributed by atoms with Crippen LogP contribution in [0.25, 0.3) is 0 Å². The first-order valence-corrected chi connectivity index (χ1v) is 5.23. The van der Waals surface area contributed by atoms with E-state index in [-0.39, 0.29) is 5.91 Å². The van der Waals surface area contributed by atoms with Crippen molar-refractivity contribution in [2.75, 3.05) is 14.1 Å². The highest BCUT2D eigenvalue weighted by Gasteiger charge is 2.10. The minimum Gasteiger partial charge on any atom is -0.343 e. The van der Waals surface area contributed by atoms with Crippen LogP contribution in [0.4, 0.5) is 0 Å². The van der Waals surface area contributed by atoms with Crippen molar-refractivity contribution in [3.63, 3.8) is 0 Å². The maximum atomic E-state index is 11.6. The van der Waals surface area contributed by atoms with E-state index in [1.807, 2.05) is 6.07 Å². The number of nitrogens with zero attached hydrogens (tertiary/aromatic N) is 2. The maximum Gasteiger partial charge on any atom is 0.271 e. The van der Waals surface area contributed by atoms with Gasteiger partial charge in [-0.25, -0.2) is 0 Å². The Hall–Kier alpha value is -1.38. The second-order valence-corrected chi connectivity index (χ2v) is 3.99. The molecule has 0 aliphatic rings. The van der Waals surface area contributed by atoms with Gasteiger partial charge in [-0.15, -0.1) is 0 Å². The number of hydrogen-bond donors (Lipinski definition) is 0. The summed E-state index contributed by atoms with van der Waals surface area (Å²) in [5.41, 5.74) is 1.69. The van der Waals surface area contributed by atoms with Crippen LogP contribution in [-0.4, -0.2) is 29.9 Å². The van der Waals surface area contributed by atoms with Gasteiger partial charge in [-0.1, -0.05) is 19.9 Å². The van der Waals surface area contributed by atoms with Crippen LogP contribution in [0.1, 0.15) is 42.2 Å². The summed E-state index contributed by atoms with van der Waals surface area (Å²) in [7, 11) is 3.46. The third-order valence-corrected chi connectivity index (χ3v) is 2.59. The van der Waals surface area contributed by atoms with Gasteiger partial charge in [0.2, 0.25) is 0 Å². The summed E-state index contributed by atoms with van der Waals surface area (Å²) in [6.45, 7) is 4.30. The van der Waals surface area contributed by atoms with E-state index in [4.69, 9.17) is 0 Å². The second-order valence-electron chi connectivity index (χ2n) is 3.99. The molecule has 0 saturated carbocycles. The summed E-state index contributed by atoms with van der Waals surface area (Å²) in [6, 6.07) is 3.78. The molecule has 0 saturated heterocycles. The Bertz CT molecular complexity index is 330. The predicted molar refractivity (Wildman–Crippen MR) is 61.0 cm³/mol. The third-order valence-electron chi connectivity index (χ3n) is 2.59. The number of carbonyl (C=O) groups excluding carboxylic acids is 1. The SMILES string of the molecule is CC[C@H](C)c1ccc(C(=O)N(C)C)nc1. The van der Waals surface area contributed by atoms with Gasteiger partial charge in [0.05, 0.1) is 0 Å². The van der Waals surface area contributed by atoms with Gasteiger partial charge in [0, 0.05) is 20.3 Å². The van der Waals surface area contributed by atoms with Gasteiger partial charge in [0.25, 0.3) is 5.91 Å². The maximum absolute atomic E-state index is 11.6. The van der Waals surface area contributed by atoms with Crippen LogP contribution in [0.15, 0.2) is 18.3 Å². The predicted octanol–water partition coefficient (Wildman–Crippen LogP) is 2.30. The lowest BCUT2D eigenvalue weighted by molar-refractivity contribution is 0.0822. The molecule has 0 radical (unpaired) electrons. The van der Waals surface area contributed by atoms with Gasteiger partial charge in [0.15, 0.2) is 0 Å². The summed E-state index contributed by atoms with van der Waals surface area (Å²) in [6.07, 6.45) is 2.88. The van der Waals surface area contributed by atoms with Gasteiger partial charge in [0.1, 0.15) is 5.69 Å². The topological polar surface area (TPSA) is 33.2 Å². The van der Waals surface area contributed by atoms with Crippen LogP contribution >= 0.6 is 0 Å². The van der Waals surface area contributed by atoms with Gasteiger partial charge >= 0.3 is 0 Å². The normalized spacial score (nSPS) is 12.3. The molecular weight excluding hydrogens is 188 g/mol. The molecule has 3 nitrogen and oxygen atoms in total. The van der Waals surface area contributed by atoms with E-state index >= 15 is 0 Å². The van der Waals surface area contributed by atoms with Crippen molar-refractivity contribution in [2.24, 2.45) is 0 Å². The standard InChI is InChI=1S/C12H18N2O/c1-5-9(2)10-6-7-11(13-8-10)12(15)14(3)4/h6-9H,5H2,1-4H3/t9-/m0/s1. The molecule has 3 heteroatoms. The molecule has 1 atom stereocenters. The zero-order chi connectivity index (χ0) is 11.4. The number of aromatic nitrogens is 1. The average molecular weight is 206 g/mol. The number of carbonyl (C=O) groups is 1. The summed E-state index contributed by atoms with van der Waals surface area (Å²) in [4.78, 5) is 17.3. The molecule has 0 bridgehead atoms. The molecule has 0 N–H and O–H groups in total. The fraction of sp³-hybridized carbons (Fsp3) is 0.500. The van der Waals surface area contributed by atoms with Gasteiger partial charge < -0.3 is 4.90 Å². The summed E-state index contributed by atoms with van der Waals surface area (Å²) >= 11 is 0. The van der Waals surface area contributed by atoms with Crippen LogP contribution in [0.2, 0.25) is 0 Å². The Morgan fingerprint density at radius 3 is 2.53 bits per heavy atom. The van der Waals surface area contributed by atoms with E-state index in [2.05, 4.69) is 18.8 Å². The Morgan fingerprint density at radius 2 is 2.13 bits per heavy atom. The summed E-state index contributed by atoms with van der Waals surface area (Å²) < 4.78 is 0. The molecule has 0 aliphatic carbocycles. The Labute approximate surface area is 91.1 Å². The van der Waals surface area contributed by atoms with Crippen LogP contribution in [-0.2, 0) is 0 Å². The first-order chi connectivity index (χ1) is 7.06. The largest absolute Gasteiger partial charge is 0.343 e. The van der Waals surface area contributed by atoms with Gasteiger partial charge in [-0.05, 0) is 24.0 Å². The number of rotatable bonds is 3. The molecule has 0 aliphatic heterocycles. The molecule has 1 aromatic heterocycles. The van der Waals surface area contributed by atoms with Crippen molar-refractivity contribution in [3.8, 4) is 0 Å². The van der Waals surface area contributed by atoms with E-state index in [0.717, 1.165) is 6.42 Å². The highest BCUT2D eigenvalue weighted by molar-refractivity contribution is 5.91. The van der Waals surface area contributed by atoms with Crippen molar-refractivity contribution >= 4 is 5.91 Å². The van der Waals surface area contributed by atoms with Gasteiger partial charge in [-0.3, -0.25) is 9.78 Å². The van der Waals surface area contributed by atoms with Crippen LogP contribution in [0, 0.1) is 0 Å². The molecule has 1 aromatic rings. The van der Waals surface area contributed by atoms with Crippen LogP contribution in [0.3, 0.4) is 0 Å². The molecule has 1 rings (SSSR count). The van der Waals surface area contributed by atoms with Crippen molar-refractivity contribution in [1.29, 1.82) is 0 Å². The van der Waals surface area contributed by atoms with E-state index in [1.165, 1.54) is 10.5 Å². The van der Waals surface area contributed by atoms with Crippen molar-refractivity contribution < 1.29 is 4.79 Å². The molecule has 0 spiro atoms. The summed E-state index contributed by atoms with van der Waals surface area (Å²) in [5.74, 6) is 0.451. The van der Waals surface area contributed by atoms with E-state index < -0.39 is 0 Å². The zero-order valence-electron chi connectivity index (χ0n) is 9.82. The molecule has 0 unspecified atom stereocenters. The van der Waals surface area contributed by atoms with E-state index in [0.29, 0.717) is 11.6 Å². The molecule has 15 heavy (non-hydrogen) atoms. The minimum atomic E-state index is -0.0503. The molecule has 0 fully saturated rings. The molecular formula is C12H18N2O. The fourth-order valence-electron chi connectivity index (χ4n) is 1.29. The second kappa shape index (κ2) is 4.91. The van der Waals surface area contributed by atoms with Gasteiger partial charge in [-0.2, -0.15) is 0 Å². The molecule has 0 aromatic carbocycles. The quantitative estimate of drug-likeness (QED) is 0.760. The number of hydrogen-bond acceptors (Lipinski definition) is 2. The van der Waals surface area contributed by atoms with Crippen LogP contribution < -0.4 is 0 Å². The lowest BCUT2D eigenvalue weighted by Crippen LogP contribution is -2.22. The van der Waals surface area contributed by atoms with Crippen molar-refractivity contribution in [1.82, 2.24) is 9.88 Å². The Balaban J connectivity index is 2.85. The third kappa shape index (κ3) is 2.78. The molecule has 1 amide bonds. The lowest BCUT2D eigenvalue weighted by Gasteiger charge is -2.11. The number of amides is 1. The highest BCUT2D eigenvalue weighted by atomic mass is 16.2. The average Bonchev–Trinajstić information content (AvgIpc) is 2.27. The highest BCUT2D eigenvalue weighted by Crippen LogP contribution is 2.17. The number of pyridine rings is 1. The molecule has 82 valence electrons. The Kier molecular flexibility index (Phi) is 3.83. The van der Waals surface area contributed by atoms with Crippen molar-refractivity contribution in [3.05, 3.63) is 29.6 Å². The van der Waals surface area contributed by atoms with E-state index in [9.17, 15) is 4.79 Å². The monoisotopic (exact) mass is 206 g/mol. The first kappa shape index (κ1) is 11.7. The van der Waals surface area contributed by atoms with E-state index in [1.54, 1.807) is 26.4 Å². The first-order valence-electron chi connectivity index (χ1n) is 5.23. The van der Waals surface area contributed by atoms with Crippen LogP contribution in [0.5, 0.6) is 0 Å².